The summed E-state index contributed by atoms with van der Waals surface area (Å²) in [7, 11) is 0. The third-order valence-electron chi connectivity index (χ3n) is 4.69. The predicted octanol–water partition coefficient (Wildman–Crippen LogP) is 6.95. The molecule has 0 aliphatic heterocycles. The molecule has 0 radical (unpaired) electrons. The van der Waals surface area contributed by atoms with Gasteiger partial charge in [-0.1, -0.05) is 75.0 Å². The SMILES string of the molecule is C=Cc1cc(C)c2nc(-c3cccc(-c4ccccc4)c3C)cn2c1.CC. The van der Waals surface area contributed by atoms with Gasteiger partial charge in [-0.2, -0.15) is 0 Å². The lowest BCUT2D eigenvalue weighted by Crippen LogP contribution is -1.88. The first-order valence-electron chi connectivity index (χ1n) is 9.44. The summed E-state index contributed by atoms with van der Waals surface area (Å²) in [5.41, 5.74) is 9.15. The van der Waals surface area contributed by atoms with Crippen molar-refractivity contribution in [3.63, 3.8) is 0 Å². The molecule has 0 unspecified atom stereocenters. The molecule has 2 aromatic heterocycles. The van der Waals surface area contributed by atoms with E-state index in [0.717, 1.165) is 22.5 Å². The highest BCUT2D eigenvalue weighted by atomic mass is 15.0. The fraction of sp³-hybridized carbons (Fsp3) is 0.160. The van der Waals surface area contributed by atoms with Gasteiger partial charge in [0.2, 0.25) is 0 Å². The molecule has 0 amide bonds. The van der Waals surface area contributed by atoms with Crippen LogP contribution in [0.25, 0.3) is 34.1 Å². The molecule has 0 fully saturated rings. The average molecular weight is 354 g/mol. The molecule has 0 spiro atoms. The van der Waals surface area contributed by atoms with E-state index < -0.39 is 0 Å². The minimum absolute atomic E-state index is 0.991. The summed E-state index contributed by atoms with van der Waals surface area (Å²) in [5.74, 6) is 0. The van der Waals surface area contributed by atoms with Gasteiger partial charge in [0.15, 0.2) is 0 Å². The van der Waals surface area contributed by atoms with E-state index in [9.17, 15) is 0 Å². The first-order valence-corrected chi connectivity index (χ1v) is 9.44. The lowest BCUT2D eigenvalue weighted by Gasteiger charge is -2.10. The van der Waals surface area contributed by atoms with Crippen LogP contribution in [0, 0.1) is 13.8 Å². The Morgan fingerprint density at radius 2 is 1.59 bits per heavy atom. The molecule has 0 aliphatic rings. The zero-order chi connectivity index (χ0) is 19.4. The maximum Gasteiger partial charge on any atom is 0.140 e. The van der Waals surface area contributed by atoms with E-state index in [4.69, 9.17) is 4.98 Å². The minimum atomic E-state index is 0.991. The van der Waals surface area contributed by atoms with Gasteiger partial charge < -0.3 is 4.40 Å². The second-order valence-electron chi connectivity index (χ2n) is 6.36. The number of aryl methyl sites for hydroxylation is 1. The average Bonchev–Trinajstić information content (AvgIpc) is 3.15. The van der Waals surface area contributed by atoms with Crippen LogP contribution in [0.15, 0.2) is 73.6 Å². The van der Waals surface area contributed by atoms with Crippen molar-refractivity contribution < 1.29 is 0 Å². The molecule has 27 heavy (non-hydrogen) atoms. The lowest BCUT2D eigenvalue weighted by atomic mass is 9.95. The molecule has 4 aromatic rings. The molecule has 0 saturated heterocycles. The Balaban J connectivity index is 0.00000102. The maximum atomic E-state index is 4.88. The van der Waals surface area contributed by atoms with E-state index in [1.807, 2.05) is 26.0 Å². The van der Waals surface area contributed by atoms with Gasteiger partial charge in [-0.05, 0) is 47.7 Å². The van der Waals surface area contributed by atoms with Crippen LogP contribution in [0.2, 0.25) is 0 Å². The van der Waals surface area contributed by atoms with Gasteiger partial charge in [0.1, 0.15) is 5.65 Å². The van der Waals surface area contributed by atoms with Crippen LogP contribution in [0.4, 0.5) is 0 Å². The van der Waals surface area contributed by atoms with Gasteiger partial charge in [0.25, 0.3) is 0 Å². The first-order chi connectivity index (χ1) is 13.2. The summed E-state index contributed by atoms with van der Waals surface area (Å²) in [5, 5.41) is 0. The van der Waals surface area contributed by atoms with Crippen molar-refractivity contribution in [2.24, 2.45) is 0 Å². The van der Waals surface area contributed by atoms with E-state index in [-0.39, 0.29) is 0 Å². The van der Waals surface area contributed by atoms with E-state index in [2.05, 4.69) is 85.8 Å². The van der Waals surface area contributed by atoms with Crippen LogP contribution >= 0.6 is 0 Å². The lowest BCUT2D eigenvalue weighted by molar-refractivity contribution is 1.16. The monoisotopic (exact) mass is 354 g/mol. The zero-order valence-electron chi connectivity index (χ0n) is 16.5. The molecule has 0 atom stereocenters. The van der Waals surface area contributed by atoms with Crippen LogP contribution < -0.4 is 0 Å². The van der Waals surface area contributed by atoms with Gasteiger partial charge in [-0.15, -0.1) is 0 Å². The van der Waals surface area contributed by atoms with Crippen molar-refractivity contribution in [2.75, 3.05) is 0 Å². The van der Waals surface area contributed by atoms with Gasteiger partial charge in [0, 0.05) is 18.0 Å². The van der Waals surface area contributed by atoms with Gasteiger partial charge >= 0.3 is 0 Å². The topological polar surface area (TPSA) is 17.3 Å². The summed E-state index contributed by atoms with van der Waals surface area (Å²) >= 11 is 0. The molecular weight excluding hydrogens is 328 g/mol. The quantitative estimate of drug-likeness (QED) is 0.389. The number of benzene rings is 2. The van der Waals surface area contributed by atoms with Crippen LogP contribution in [-0.4, -0.2) is 9.38 Å². The van der Waals surface area contributed by atoms with Crippen molar-refractivity contribution >= 4 is 11.7 Å². The highest BCUT2D eigenvalue weighted by Gasteiger charge is 2.12. The number of imidazole rings is 1. The van der Waals surface area contributed by atoms with Gasteiger partial charge in [-0.25, -0.2) is 4.98 Å². The summed E-state index contributed by atoms with van der Waals surface area (Å²) < 4.78 is 2.09. The Labute approximate surface area is 161 Å². The Morgan fingerprint density at radius 3 is 2.30 bits per heavy atom. The van der Waals surface area contributed by atoms with Crippen molar-refractivity contribution in [3.8, 4) is 22.4 Å². The van der Waals surface area contributed by atoms with Crippen LogP contribution in [-0.2, 0) is 0 Å². The number of aromatic nitrogens is 2. The Morgan fingerprint density at radius 1 is 0.889 bits per heavy atom. The Bertz CT molecular complexity index is 1070. The molecule has 2 nitrogen and oxygen atoms in total. The summed E-state index contributed by atoms with van der Waals surface area (Å²) in [6, 6.07) is 19.0. The first kappa shape index (κ1) is 18.7. The third kappa shape index (κ3) is 3.56. The van der Waals surface area contributed by atoms with Crippen molar-refractivity contribution in [1.29, 1.82) is 0 Å². The standard InChI is InChI=1S/C23H20N2.C2H6/c1-4-18-13-16(2)23-24-22(15-25(23)14-18)21-12-8-11-20(17(21)3)19-9-6-5-7-10-19;1-2/h4-15H,1H2,2-3H3;1-2H3. The van der Waals surface area contributed by atoms with Gasteiger partial charge in [0.05, 0.1) is 5.69 Å². The summed E-state index contributed by atoms with van der Waals surface area (Å²) in [6.45, 7) is 12.1. The van der Waals surface area contributed by atoms with Crippen LogP contribution in [0.3, 0.4) is 0 Å². The molecule has 4 rings (SSSR count). The number of hydrogen-bond donors (Lipinski definition) is 0. The second kappa shape index (κ2) is 8.05. The maximum absolute atomic E-state index is 4.88. The number of fused-ring (bicyclic) bond motifs is 1. The molecule has 0 bridgehead atoms. The zero-order valence-corrected chi connectivity index (χ0v) is 16.5. The molecule has 0 aliphatic carbocycles. The third-order valence-corrected chi connectivity index (χ3v) is 4.69. The van der Waals surface area contributed by atoms with E-state index in [0.29, 0.717) is 0 Å². The molecule has 2 heterocycles. The van der Waals surface area contributed by atoms with Crippen LogP contribution in [0.1, 0.15) is 30.5 Å². The Hall–Kier alpha value is -3.13. The Kier molecular flexibility index (Phi) is 5.56. The molecule has 2 heteroatoms. The summed E-state index contributed by atoms with van der Waals surface area (Å²) in [6.07, 6.45) is 6.04. The van der Waals surface area contributed by atoms with Crippen molar-refractivity contribution in [3.05, 3.63) is 90.3 Å². The molecule has 2 aromatic carbocycles. The van der Waals surface area contributed by atoms with Crippen LogP contribution in [0.5, 0.6) is 0 Å². The number of rotatable bonds is 3. The number of hydrogen-bond acceptors (Lipinski definition) is 1. The summed E-state index contributed by atoms with van der Waals surface area (Å²) in [4.78, 5) is 4.88. The highest BCUT2D eigenvalue weighted by molar-refractivity contribution is 5.77. The van der Waals surface area contributed by atoms with Crippen molar-refractivity contribution in [2.45, 2.75) is 27.7 Å². The molecular formula is C25H26N2. The molecule has 136 valence electrons. The largest absolute Gasteiger partial charge is 0.306 e. The molecule has 0 saturated carbocycles. The minimum Gasteiger partial charge on any atom is -0.306 e. The smallest absolute Gasteiger partial charge is 0.140 e. The number of pyridine rings is 1. The second-order valence-corrected chi connectivity index (χ2v) is 6.36. The molecule has 0 N–H and O–H groups in total. The van der Waals surface area contributed by atoms with Crippen molar-refractivity contribution in [1.82, 2.24) is 9.38 Å². The van der Waals surface area contributed by atoms with Gasteiger partial charge in [-0.3, -0.25) is 0 Å². The fourth-order valence-electron chi connectivity index (χ4n) is 3.38. The van der Waals surface area contributed by atoms with E-state index >= 15 is 0 Å². The normalized spacial score (nSPS) is 10.4. The van der Waals surface area contributed by atoms with E-state index in [1.165, 1.54) is 22.3 Å². The number of nitrogens with zero attached hydrogens (tertiary/aromatic N) is 2. The fourth-order valence-corrected chi connectivity index (χ4v) is 3.38. The predicted molar refractivity (Wildman–Crippen MR) is 117 cm³/mol. The highest BCUT2D eigenvalue weighted by Crippen LogP contribution is 2.31. The van der Waals surface area contributed by atoms with E-state index in [1.54, 1.807) is 0 Å².